The van der Waals surface area contributed by atoms with Gasteiger partial charge in [0.25, 0.3) is 0 Å². The molecule has 94 valence electrons. The van der Waals surface area contributed by atoms with Crippen LogP contribution in [0.4, 0.5) is 0 Å². The second-order valence-electron chi connectivity index (χ2n) is 4.90. The van der Waals surface area contributed by atoms with Gasteiger partial charge in [-0.3, -0.25) is 9.36 Å². The number of rotatable bonds is 2. The normalized spacial score (nSPS) is 23.0. The van der Waals surface area contributed by atoms with Gasteiger partial charge in [0.05, 0.1) is 5.52 Å². The van der Waals surface area contributed by atoms with Crippen LogP contribution in [-0.2, 0) is 7.05 Å². The number of fused-ring (bicyclic) bond motifs is 1. The smallest absolute Gasteiger partial charge is 0.408 e. The van der Waals surface area contributed by atoms with Crippen LogP contribution in [0.5, 0.6) is 0 Å². The molecule has 0 unspecified atom stereocenters. The second-order valence-corrected chi connectivity index (χ2v) is 4.90. The van der Waals surface area contributed by atoms with Crippen molar-refractivity contribution < 1.29 is 9.21 Å². The summed E-state index contributed by atoms with van der Waals surface area (Å²) < 4.78 is 6.43. The largest absolute Gasteiger partial charge is 0.419 e. The number of aryl methyl sites for hydroxylation is 1. The highest BCUT2D eigenvalue weighted by Crippen LogP contribution is 2.29. The number of Topliss-reactive ketones (excluding diaryl/α,β-unsaturated/α-hetero) is 1. The molecule has 3 rings (SSSR count). The van der Waals surface area contributed by atoms with E-state index in [4.69, 9.17) is 10.2 Å². The molecule has 1 heterocycles. The van der Waals surface area contributed by atoms with Crippen LogP contribution >= 0.6 is 0 Å². The van der Waals surface area contributed by atoms with Crippen LogP contribution in [0.1, 0.15) is 23.2 Å². The van der Waals surface area contributed by atoms with Crippen LogP contribution in [0, 0.1) is 5.92 Å². The summed E-state index contributed by atoms with van der Waals surface area (Å²) in [6.45, 7) is 0. The summed E-state index contributed by atoms with van der Waals surface area (Å²) in [5.74, 6) is -0.283. The maximum Gasteiger partial charge on any atom is 0.419 e. The molecule has 0 saturated heterocycles. The first-order valence-corrected chi connectivity index (χ1v) is 5.95. The first-order chi connectivity index (χ1) is 8.56. The minimum absolute atomic E-state index is 0.0291. The van der Waals surface area contributed by atoms with Crippen molar-refractivity contribution in [3.8, 4) is 0 Å². The predicted molar refractivity (Wildman–Crippen MR) is 66.5 cm³/mol. The molecule has 0 atom stereocenters. The number of nitrogens with zero attached hydrogens (tertiary/aromatic N) is 1. The first-order valence-electron chi connectivity index (χ1n) is 5.95. The van der Waals surface area contributed by atoms with Gasteiger partial charge in [-0.2, -0.15) is 0 Å². The first kappa shape index (κ1) is 11.2. The third-order valence-electron chi connectivity index (χ3n) is 3.62. The highest BCUT2D eigenvalue weighted by molar-refractivity contribution is 6.00. The van der Waals surface area contributed by atoms with E-state index in [1.54, 1.807) is 25.2 Å². The molecule has 0 bridgehead atoms. The van der Waals surface area contributed by atoms with Crippen molar-refractivity contribution in [2.75, 3.05) is 0 Å². The molecule has 1 fully saturated rings. The molecule has 0 aliphatic heterocycles. The van der Waals surface area contributed by atoms with Gasteiger partial charge in [0.1, 0.15) is 0 Å². The molecule has 0 radical (unpaired) electrons. The summed E-state index contributed by atoms with van der Waals surface area (Å²) in [6.07, 6.45) is 1.50. The van der Waals surface area contributed by atoms with Gasteiger partial charge in [0.15, 0.2) is 11.4 Å². The number of ketones is 1. The van der Waals surface area contributed by atoms with Crippen molar-refractivity contribution in [1.82, 2.24) is 4.57 Å². The lowest BCUT2D eigenvalue weighted by Gasteiger charge is -2.31. The number of benzene rings is 1. The van der Waals surface area contributed by atoms with Gasteiger partial charge >= 0.3 is 5.76 Å². The summed E-state index contributed by atoms with van der Waals surface area (Å²) in [7, 11) is 1.63. The van der Waals surface area contributed by atoms with Gasteiger partial charge in [-0.1, -0.05) is 0 Å². The highest BCUT2D eigenvalue weighted by atomic mass is 16.4. The van der Waals surface area contributed by atoms with Crippen LogP contribution in [0.25, 0.3) is 11.1 Å². The molecule has 0 amide bonds. The zero-order valence-electron chi connectivity index (χ0n) is 10.1. The number of oxazole rings is 1. The minimum Gasteiger partial charge on any atom is -0.408 e. The monoisotopic (exact) mass is 246 g/mol. The zero-order chi connectivity index (χ0) is 12.9. The van der Waals surface area contributed by atoms with E-state index in [2.05, 4.69) is 0 Å². The van der Waals surface area contributed by atoms with Gasteiger partial charge in [-0.15, -0.1) is 0 Å². The SMILES string of the molecule is Cn1c(=O)oc2ccc(C(=O)C3CC(N)C3)cc21. The molecule has 1 aliphatic rings. The summed E-state index contributed by atoms with van der Waals surface area (Å²) in [5, 5.41) is 0. The Morgan fingerprint density at radius 3 is 2.83 bits per heavy atom. The fraction of sp³-hybridized carbons (Fsp3) is 0.385. The average molecular weight is 246 g/mol. The van der Waals surface area contributed by atoms with Gasteiger partial charge in [0.2, 0.25) is 0 Å². The number of hydrogen-bond donors (Lipinski definition) is 1. The van der Waals surface area contributed by atoms with Gasteiger partial charge in [0, 0.05) is 24.6 Å². The molecule has 1 aromatic carbocycles. The molecule has 5 nitrogen and oxygen atoms in total. The lowest BCUT2D eigenvalue weighted by Crippen LogP contribution is -2.40. The second kappa shape index (κ2) is 3.81. The Morgan fingerprint density at radius 1 is 1.44 bits per heavy atom. The van der Waals surface area contributed by atoms with E-state index in [9.17, 15) is 9.59 Å². The van der Waals surface area contributed by atoms with E-state index in [0.29, 0.717) is 16.7 Å². The lowest BCUT2D eigenvalue weighted by molar-refractivity contribution is 0.0833. The van der Waals surface area contributed by atoms with Gasteiger partial charge < -0.3 is 10.2 Å². The highest BCUT2D eigenvalue weighted by Gasteiger charge is 2.32. The van der Waals surface area contributed by atoms with E-state index in [0.717, 1.165) is 12.8 Å². The van der Waals surface area contributed by atoms with Gasteiger partial charge in [-0.05, 0) is 31.0 Å². The molecular formula is C13H14N2O3. The third-order valence-corrected chi connectivity index (χ3v) is 3.62. The Labute approximate surface area is 103 Å². The lowest BCUT2D eigenvalue weighted by atomic mass is 9.76. The van der Waals surface area contributed by atoms with E-state index < -0.39 is 5.76 Å². The number of carbonyl (C=O) groups excluding carboxylic acids is 1. The summed E-state index contributed by atoms with van der Waals surface area (Å²) in [6, 6.07) is 5.24. The molecule has 18 heavy (non-hydrogen) atoms. The average Bonchev–Trinajstić information content (AvgIpc) is 2.60. The topological polar surface area (TPSA) is 78.2 Å². The molecule has 1 saturated carbocycles. The number of nitrogens with two attached hydrogens (primary N) is 1. The standard InChI is InChI=1S/C13H14N2O3/c1-15-10-6-7(2-3-11(10)18-13(15)17)12(16)8-4-9(14)5-8/h2-3,6,8-9H,4-5,14H2,1H3. The number of aromatic nitrogens is 1. The molecule has 1 aromatic heterocycles. The van der Waals surface area contributed by atoms with Crippen molar-refractivity contribution in [1.29, 1.82) is 0 Å². The maximum absolute atomic E-state index is 12.2. The summed E-state index contributed by atoms with van der Waals surface area (Å²) in [5.41, 5.74) is 7.46. The fourth-order valence-corrected chi connectivity index (χ4v) is 2.39. The van der Waals surface area contributed by atoms with Crippen LogP contribution in [0.2, 0.25) is 0 Å². The van der Waals surface area contributed by atoms with Crippen molar-refractivity contribution in [2.24, 2.45) is 18.7 Å². The van der Waals surface area contributed by atoms with Crippen LogP contribution in [0.3, 0.4) is 0 Å². The molecule has 5 heteroatoms. The zero-order valence-corrected chi connectivity index (χ0v) is 10.1. The van der Waals surface area contributed by atoms with Crippen molar-refractivity contribution in [3.05, 3.63) is 34.3 Å². The van der Waals surface area contributed by atoms with E-state index in [1.807, 2.05) is 0 Å². The molecular weight excluding hydrogens is 232 g/mol. The van der Waals surface area contributed by atoms with Gasteiger partial charge in [-0.25, -0.2) is 4.79 Å². The Kier molecular flexibility index (Phi) is 2.38. The quantitative estimate of drug-likeness (QED) is 0.803. The summed E-state index contributed by atoms with van der Waals surface area (Å²) in [4.78, 5) is 23.5. The predicted octanol–water partition coefficient (Wildman–Crippen LogP) is 1.05. The Morgan fingerprint density at radius 2 is 2.17 bits per heavy atom. The summed E-state index contributed by atoms with van der Waals surface area (Å²) >= 11 is 0. The van der Waals surface area contributed by atoms with Crippen LogP contribution < -0.4 is 11.5 Å². The third kappa shape index (κ3) is 1.59. The Bertz CT molecular complexity index is 677. The fourth-order valence-electron chi connectivity index (χ4n) is 2.39. The van der Waals surface area contributed by atoms with Crippen LogP contribution in [-0.4, -0.2) is 16.4 Å². The maximum atomic E-state index is 12.2. The molecule has 2 N–H and O–H groups in total. The Hall–Kier alpha value is -1.88. The molecule has 1 aliphatic carbocycles. The molecule has 0 spiro atoms. The molecule has 2 aromatic rings. The number of hydrogen-bond acceptors (Lipinski definition) is 4. The van der Waals surface area contributed by atoms with E-state index in [1.165, 1.54) is 4.57 Å². The van der Waals surface area contributed by atoms with E-state index >= 15 is 0 Å². The van der Waals surface area contributed by atoms with Crippen molar-refractivity contribution in [2.45, 2.75) is 18.9 Å². The minimum atomic E-state index is -0.416. The van der Waals surface area contributed by atoms with Crippen LogP contribution in [0.15, 0.2) is 27.4 Å². The van der Waals surface area contributed by atoms with Crippen molar-refractivity contribution >= 4 is 16.9 Å². The van der Waals surface area contributed by atoms with E-state index in [-0.39, 0.29) is 17.7 Å². The Balaban J connectivity index is 2.00. The number of carbonyl (C=O) groups is 1. The van der Waals surface area contributed by atoms with Crippen molar-refractivity contribution in [3.63, 3.8) is 0 Å².